The third-order valence-electron chi connectivity index (χ3n) is 1.39. The number of nitriles is 1. The summed E-state index contributed by atoms with van der Waals surface area (Å²) in [6, 6.07) is 8.81. The highest BCUT2D eigenvalue weighted by atomic mass is 31.2. The highest BCUT2D eigenvalue weighted by molar-refractivity contribution is 7.47. The van der Waals surface area contributed by atoms with E-state index in [4.69, 9.17) is 10.2 Å². The number of hydrogen-bond acceptors (Lipinski definition) is 4. The lowest BCUT2D eigenvalue weighted by molar-refractivity contribution is 0.185. The Morgan fingerprint density at radius 1 is 1.43 bits per heavy atom. The van der Waals surface area contributed by atoms with Crippen molar-refractivity contribution in [1.29, 1.82) is 5.26 Å². The van der Waals surface area contributed by atoms with Crippen LogP contribution in [0.2, 0.25) is 0 Å². The van der Waals surface area contributed by atoms with Crippen LogP contribution >= 0.6 is 7.82 Å². The van der Waals surface area contributed by atoms with Crippen molar-refractivity contribution in [3.63, 3.8) is 0 Å². The topological polar surface area (TPSA) is 79.5 Å². The minimum atomic E-state index is -4.22. The average Bonchev–Trinajstić information content (AvgIpc) is 2.17. The molecule has 0 heterocycles. The van der Waals surface area contributed by atoms with Crippen molar-refractivity contribution in [2.75, 3.05) is 0 Å². The van der Waals surface area contributed by atoms with Gasteiger partial charge in [0.15, 0.2) is 0 Å². The van der Waals surface area contributed by atoms with Gasteiger partial charge in [-0.05, 0) is 5.56 Å². The van der Waals surface area contributed by atoms with Crippen molar-refractivity contribution >= 4 is 7.82 Å². The van der Waals surface area contributed by atoms with Crippen LogP contribution in [0.15, 0.2) is 30.3 Å². The van der Waals surface area contributed by atoms with Crippen LogP contribution in [0.25, 0.3) is 0 Å². The van der Waals surface area contributed by atoms with Gasteiger partial charge >= 0.3 is 7.82 Å². The first-order valence-corrected chi connectivity index (χ1v) is 5.22. The van der Waals surface area contributed by atoms with E-state index in [-0.39, 0.29) is 6.61 Å². The SMILES string of the molecule is N#COP(=O)(O)OCc1ccccc1. The summed E-state index contributed by atoms with van der Waals surface area (Å²) in [6.45, 7) is -0.0731. The summed E-state index contributed by atoms with van der Waals surface area (Å²) in [5.74, 6) is 0. The van der Waals surface area contributed by atoms with Gasteiger partial charge in [0, 0.05) is 0 Å². The Labute approximate surface area is 81.1 Å². The van der Waals surface area contributed by atoms with E-state index < -0.39 is 7.82 Å². The summed E-state index contributed by atoms with van der Waals surface area (Å²) in [7, 11) is -4.22. The molecule has 1 N–H and O–H groups in total. The standard InChI is InChI=1S/C8H8NO4P/c9-7-13-14(10,11)12-6-8-4-2-1-3-5-8/h1-5H,6H2,(H,10,11). The Bertz CT molecular complexity index is 373. The van der Waals surface area contributed by atoms with Gasteiger partial charge in [-0.1, -0.05) is 30.3 Å². The molecule has 0 amide bonds. The summed E-state index contributed by atoms with van der Waals surface area (Å²) < 4.78 is 19.2. The molecule has 5 nitrogen and oxygen atoms in total. The summed E-state index contributed by atoms with van der Waals surface area (Å²) in [5, 5.41) is 8.01. The van der Waals surface area contributed by atoms with Crippen molar-refractivity contribution in [3.8, 4) is 6.26 Å². The number of nitrogens with zero attached hydrogens (tertiary/aromatic N) is 1. The van der Waals surface area contributed by atoms with Crippen molar-refractivity contribution in [2.45, 2.75) is 6.61 Å². The molecule has 14 heavy (non-hydrogen) atoms. The van der Waals surface area contributed by atoms with Crippen molar-refractivity contribution < 1.29 is 18.5 Å². The zero-order chi connectivity index (χ0) is 10.4. The van der Waals surface area contributed by atoms with Crippen molar-refractivity contribution in [3.05, 3.63) is 35.9 Å². The molecule has 6 heteroatoms. The lowest BCUT2D eigenvalue weighted by Gasteiger charge is -2.06. The average molecular weight is 213 g/mol. The molecule has 1 aromatic rings. The summed E-state index contributed by atoms with van der Waals surface area (Å²) >= 11 is 0. The molecule has 1 unspecified atom stereocenters. The molecule has 0 aliphatic rings. The first-order valence-electron chi connectivity index (χ1n) is 3.73. The number of rotatable bonds is 4. The Morgan fingerprint density at radius 3 is 2.64 bits per heavy atom. The van der Waals surface area contributed by atoms with Crippen molar-refractivity contribution in [1.82, 2.24) is 0 Å². The minimum Gasteiger partial charge on any atom is -0.328 e. The molecule has 1 aromatic carbocycles. The number of phosphoric acid groups is 1. The maximum Gasteiger partial charge on any atom is 0.537 e. The number of hydrogen-bond donors (Lipinski definition) is 1. The quantitative estimate of drug-likeness (QED) is 0.609. The van der Waals surface area contributed by atoms with Gasteiger partial charge < -0.3 is 4.52 Å². The van der Waals surface area contributed by atoms with Gasteiger partial charge in [0.25, 0.3) is 6.26 Å². The van der Waals surface area contributed by atoms with Gasteiger partial charge in [0.1, 0.15) is 0 Å². The third kappa shape index (κ3) is 3.58. The van der Waals surface area contributed by atoms with Crippen LogP contribution in [0.5, 0.6) is 0 Å². The highest BCUT2D eigenvalue weighted by Gasteiger charge is 2.21. The van der Waals surface area contributed by atoms with Crippen LogP contribution in [0.1, 0.15) is 5.56 Å². The van der Waals surface area contributed by atoms with E-state index in [0.717, 1.165) is 11.8 Å². The molecular weight excluding hydrogens is 205 g/mol. The molecule has 0 radical (unpaired) electrons. The van der Waals surface area contributed by atoms with Gasteiger partial charge in [-0.25, -0.2) is 4.57 Å². The maximum atomic E-state index is 10.9. The summed E-state index contributed by atoms with van der Waals surface area (Å²) in [4.78, 5) is 8.86. The highest BCUT2D eigenvalue weighted by Crippen LogP contribution is 2.43. The lowest BCUT2D eigenvalue weighted by atomic mass is 10.2. The molecular formula is C8H8NO4P. The Kier molecular flexibility index (Phi) is 3.66. The second-order valence-corrected chi connectivity index (χ2v) is 3.79. The molecule has 1 atom stereocenters. The van der Waals surface area contributed by atoms with Crippen LogP contribution in [-0.2, 0) is 20.2 Å². The molecule has 0 saturated heterocycles. The van der Waals surface area contributed by atoms with E-state index in [1.54, 1.807) is 24.3 Å². The first kappa shape index (κ1) is 10.7. The second kappa shape index (κ2) is 4.77. The van der Waals surface area contributed by atoms with Gasteiger partial charge in [0.2, 0.25) is 0 Å². The first-order chi connectivity index (χ1) is 6.64. The van der Waals surface area contributed by atoms with E-state index in [1.807, 2.05) is 6.07 Å². The minimum absolute atomic E-state index is 0.0731. The Balaban J connectivity index is 2.50. The lowest BCUT2D eigenvalue weighted by Crippen LogP contribution is -1.92. The fraction of sp³-hybridized carbons (Fsp3) is 0.125. The van der Waals surface area contributed by atoms with Gasteiger partial charge in [-0.3, -0.25) is 9.42 Å². The largest absolute Gasteiger partial charge is 0.537 e. The molecule has 1 rings (SSSR count). The molecule has 0 aromatic heterocycles. The van der Waals surface area contributed by atoms with Crippen LogP contribution in [-0.4, -0.2) is 4.89 Å². The monoisotopic (exact) mass is 213 g/mol. The predicted octanol–water partition coefficient (Wildman–Crippen LogP) is 1.80. The third-order valence-corrected chi connectivity index (χ3v) is 2.16. The molecule has 0 aliphatic carbocycles. The van der Waals surface area contributed by atoms with E-state index in [0.29, 0.717) is 0 Å². The van der Waals surface area contributed by atoms with Crippen LogP contribution in [0.3, 0.4) is 0 Å². The molecule has 0 fully saturated rings. The zero-order valence-corrected chi connectivity index (χ0v) is 8.05. The van der Waals surface area contributed by atoms with Crippen LogP contribution < -0.4 is 0 Å². The molecule has 74 valence electrons. The fourth-order valence-electron chi connectivity index (χ4n) is 0.808. The summed E-state index contributed by atoms with van der Waals surface area (Å²) in [5.41, 5.74) is 0.725. The van der Waals surface area contributed by atoms with E-state index >= 15 is 0 Å². The van der Waals surface area contributed by atoms with E-state index in [1.165, 1.54) is 0 Å². The van der Waals surface area contributed by atoms with Crippen molar-refractivity contribution in [2.24, 2.45) is 0 Å². The van der Waals surface area contributed by atoms with Gasteiger partial charge in [-0.15, -0.1) is 5.26 Å². The second-order valence-electron chi connectivity index (χ2n) is 2.41. The normalized spacial score (nSPS) is 14.0. The predicted molar refractivity (Wildman–Crippen MR) is 47.8 cm³/mol. The van der Waals surface area contributed by atoms with E-state index in [9.17, 15) is 4.57 Å². The van der Waals surface area contributed by atoms with Gasteiger partial charge in [-0.2, -0.15) is 0 Å². The molecule has 0 spiro atoms. The molecule has 0 saturated carbocycles. The smallest absolute Gasteiger partial charge is 0.328 e. The Hall–Kier alpha value is -1.34. The van der Waals surface area contributed by atoms with Crippen LogP contribution in [0, 0.1) is 11.5 Å². The molecule has 0 aliphatic heterocycles. The Morgan fingerprint density at radius 2 is 2.07 bits per heavy atom. The zero-order valence-electron chi connectivity index (χ0n) is 7.16. The number of phosphoric ester groups is 1. The number of benzene rings is 1. The van der Waals surface area contributed by atoms with Gasteiger partial charge in [0.05, 0.1) is 6.61 Å². The summed E-state index contributed by atoms with van der Waals surface area (Å²) in [6.07, 6.45) is 1.11. The van der Waals surface area contributed by atoms with E-state index in [2.05, 4.69) is 9.05 Å². The fourth-order valence-corrected chi connectivity index (χ4v) is 1.28. The maximum absolute atomic E-state index is 10.9. The molecule has 0 bridgehead atoms. The van der Waals surface area contributed by atoms with Crippen LogP contribution in [0.4, 0.5) is 0 Å².